The zero-order valence-corrected chi connectivity index (χ0v) is 18.2. The Morgan fingerprint density at radius 1 is 0.967 bits per heavy atom. The molecule has 160 valence electrons. The number of allylic oxidation sites excluding steroid dienone is 1. The number of hydrogen-bond donors (Lipinski definition) is 2. The second kappa shape index (κ2) is 11.3. The molecule has 0 atom stereocenters. The van der Waals surface area contributed by atoms with E-state index >= 15 is 0 Å². The summed E-state index contributed by atoms with van der Waals surface area (Å²) in [7, 11) is -4.07. The van der Waals surface area contributed by atoms with Gasteiger partial charge >= 0.3 is 0 Å². The van der Waals surface area contributed by atoms with E-state index in [1.165, 1.54) is 43.9 Å². The minimum atomic E-state index is -4.07. The summed E-state index contributed by atoms with van der Waals surface area (Å²) in [6.07, 6.45) is 10.1. The highest BCUT2D eigenvalue weighted by Crippen LogP contribution is 2.21. The highest BCUT2D eigenvalue weighted by atomic mass is 32.2. The third-order valence-corrected chi connectivity index (χ3v) is 5.90. The van der Waals surface area contributed by atoms with E-state index in [2.05, 4.69) is 18.3 Å². The first-order valence-corrected chi connectivity index (χ1v) is 11.5. The van der Waals surface area contributed by atoms with Gasteiger partial charge < -0.3 is 5.32 Å². The molecule has 6 nitrogen and oxygen atoms in total. The van der Waals surface area contributed by atoms with Crippen LogP contribution in [0, 0.1) is 0 Å². The van der Waals surface area contributed by atoms with Crippen LogP contribution in [0.1, 0.15) is 61.9 Å². The van der Waals surface area contributed by atoms with Crippen molar-refractivity contribution >= 4 is 33.6 Å². The van der Waals surface area contributed by atoms with Crippen molar-refractivity contribution in [3.63, 3.8) is 0 Å². The van der Waals surface area contributed by atoms with Crippen molar-refractivity contribution in [3.05, 3.63) is 65.7 Å². The molecule has 0 saturated heterocycles. The number of carbonyl (C=O) groups excluding carboxylic acids is 2. The van der Waals surface area contributed by atoms with Gasteiger partial charge in [-0.1, -0.05) is 62.6 Å². The predicted octanol–water partition coefficient (Wildman–Crippen LogP) is 4.75. The number of sulfonamides is 1. The zero-order valence-electron chi connectivity index (χ0n) is 17.4. The standard InChI is InChI=1S/C23H28N2O4S/c1-3-4-5-6-7-8-11-19-14-16-20(17-15-19)23(27)24-21-12-9-10-13-22(21)30(28,29)25-18(2)26/h8-17H,3-7H2,1-2H3,(H,24,27)(H,25,26). The monoisotopic (exact) mass is 428 g/mol. The Morgan fingerprint density at radius 2 is 1.67 bits per heavy atom. The van der Waals surface area contributed by atoms with Crippen molar-refractivity contribution < 1.29 is 18.0 Å². The summed E-state index contributed by atoms with van der Waals surface area (Å²) >= 11 is 0. The van der Waals surface area contributed by atoms with Gasteiger partial charge in [0.2, 0.25) is 5.91 Å². The maximum Gasteiger partial charge on any atom is 0.266 e. The maximum atomic E-state index is 12.6. The average molecular weight is 429 g/mol. The van der Waals surface area contributed by atoms with Crippen molar-refractivity contribution in [1.29, 1.82) is 0 Å². The fourth-order valence-corrected chi connectivity index (χ4v) is 4.05. The lowest BCUT2D eigenvalue weighted by Crippen LogP contribution is -2.29. The van der Waals surface area contributed by atoms with E-state index in [0.29, 0.717) is 5.56 Å². The molecule has 0 heterocycles. The van der Waals surface area contributed by atoms with Crippen molar-refractivity contribution in [1.82, 2.24) is 4.72 Å². The summed E-state index contributed by atoms with van der Waals surface area (Å²) in [4.78, 5) is 23.6. The molecule has 0 unspecified atom stereocenters. The van der Waals surface area contributed by atoms with Gasteiger partial charge in [0, 0.05) is 12.5 Å². The second-order valence-electron chi connectivity index (χ2n) is 6.99. The van der Waals surface area contributed by atoms with Gasteiger partial charge in [-0.25, -0.2) is 13.1 Å². The number of benzene rings is 2. The van der Waals surface area contributed by atoms with Crippen LogP contribution in [0.25, 0.3) is 6.08 Å². The summed E-state index contributed by atoms with van der Waals surface area (Å²) in [6, 6.07) is 13.0. The van der Waals surface area contributed by atoms with Crippen LogP contribution in [0.5, 0.6) is 0 Å². The van der Waals surface area contributed by atoms with Gasteiger partial charge in [-0.3, -0.25) is 9.59 Å². The molecule has 2 aromatic rings. The Bertz CT molecular complexity index is 996. The van der Waals surface area contributed by atoms with Crippen molar-refractivity contribution in [2.24, 2.45) is 0 Å². The second-order valence-corrected chi connectivity index (χ2v) is 8.64. The van der Waals surface area contributed by atoms with Crippen molar-refractivity contribution in [2.45, 2.75) is 50.8 Å². The molecule has 0 spiro atoms. The molecular weight excluding hydrogens is 400 g/mol. The lowest BCUT2D eigenvalue weighted by molar-refractivity contribution is -0.117. The topological polar surface area (TPSA) is 92.3 Å². The fraction of sp³-hybridized carbons (Fsp3) is 0.304. The third-order valence-electron chi connectivity index (χ3n) is 4.41. The van der Waals surface area contributed by atoms with E-state index < -0.39 is 21.8 Å². The molecule has 0 bridgehead atoms. The van der Waals surface area contributed by atoms with Crippen molar-refractivity contribution in [2.75, 3.05) is 5.32 Å². The Labute approximate surface area is 178 Å². The minimum absolute atomic E-state index is 0.104. The van der Waals surface area contributed by atoms with Crippen LogP contribution in [0.3, 0.4) is 0 Å². The molecule has 2 N–H and O–H groups in total. The van der Waals surface area contributed by atoms with E-state index in [0.717, 1.165) is 18.9 Å². The smallest absolute Gasteiger partial charge is 0.266 e. The van der Waals surface area contributed by atoms with E-state index in [-0.39, 0.29) is 10.6 Å². The summed E-state index contributed by atoms with van der Waals surface area (Å²) in [6.45, 7) is 3.30. The number of para-hydroxylation sites is 1. The molecule has 2 rings (SSSR count). The molecule has 0 fully saturated rings. The number of unbranched alkanes of at least 4 members (excludes halogenated alkanes) is 4. The lowest BCUT2D eigenvalue weighted by Gasteiger charge is -2.12. The normalized spacial score (nSPS) is 11.4. The Hall–Kier alpha value is -2.93. The molecule has 0 saturated carbocycles. The molecule has 0 aliphatic carbocycles. The van der Waals surface area contributed by atoms with Gasteiger partial charge in [0.25, 0.3) is 15.9 Å². The van der Waals surface area contributed by atoms with Crippen LogP contribution in [-0.4, -0.2) is 20.2 Å². The average Bonchev–Trinajstić information content (AvgIpc) is 2.70. The summed E-state index contributed by atoms with van der Waals surface area (Å²) < 4.78 is 26.5. The Balaban J connectivity index is 2.05. The predicted molar refractivity (Wildman–Crippen MR) is 120 cm³/mol. The Morgan fingerprint density at radius 3 is 2.33 bits per heavy atom. The van der Waals surface area contributed by atoms with Crippen LogP contribution in [0.4, 0.5) is 5.69 Å². The summed E-state index contributed by atoms with van der Waals surface area (Å²) in [5.41, 5.74) is 1.50. The lowest BCUT2D eigenvalue weighted by atomic mass is 10.1. The number of hydrogen-bond acceptors (Lipinski definition) is 4. The molecule has 2 aromatic carbocycles. The van der Waals surface area contributed by atoms with Crippen LogP contribution < -0.4 is 10.0 Å². The number of nitrogens with one attached hydrogen (secondary N) is 2. The number of anilines is 1. The first-order valence-electron chi connectivity index (χ1n) is 10.0. The molecule has 0 aliphatic rings. The van der Waals surface area contributed by atoms with E-state index in [1.807, 2.05) is 22.9 Å². The quantitative estimate of drug-likeness (QED) is 0.534. The number of carbonyl (C=O) groups is 2. The molecule has 7 heteroatoms. The van der Waals surface area contributed by atoms with Gasteiger partial charge in [0.1, 0.15) is 4.90 Å². The van der Waals surface area contributed by atoms with Gasteiger partial charge in [0.15, 0.2) is 0 Å². The number of rotatable bonds is 10. The fourth-order valence-electron chi connectivity index (χ4n) is 2.90. The molecular formula is C23H28N2O4S. The number of amides is 2. The molecule has 30 heavy (non-hydrogen) atoms. The van der Waals surface area contributed by atoms with Gasteiger partial charge in [-0.2, -0.15) is 0 Å². The first-order chi connectivity index (χ1) is 14.3. The van der Waals surface area contributed by atoms with Crippen LogP contribution in [0.2, 0.25) is 0 Å². The largest absolute Gasteiger partial charge is 0.321 e. The minimum Gasteiger partial charge on any atom is -0.321 e. The van der Waals surface area contributed by atoms with Crippen LogP contribution >= 0.6 is 0 Å². The maximum absolute atomic E-state index is 12.6. The van der Waals surface area contributed by atoms with E-state index in [4.69, 9.17) is 0 Å². The molecule has 0 aliphatic heterocycles. The third kappa shape index (κ3) is 7.15. The molecule has 0 radical (unpaired) electrons. The zero-order chi connectivity index (χ0) is 22.0. The SMILES string of the molecule is CCCCCCC=Cc1ccc(C(=O)Nc2ccccc2S(=O)(=O)NC(C)=O)cc1. The van der Waals surface area contributed by atoms with Gasteiger partial charge in [-0.15, -0.1) is 0 Å². The van der Waals surface area contributed by atoms with E-state index in [1.54, 1.807) is 18.2 Å². The van der Waals surface area contributed by atoms with Crippen LogP contribution in [-0.2, 0) is 14.8 Å². The summed E-state index contributed by atoms with van der Waals surface area (Å²) in [5, 5.41) is 2.61. The molecule has 2 amide bonds. The van der Waals surface area contributed by atoms with Gasteiger partial charge in [0.05, 0.1) is 5.69 Å². The van der Waals surface area contributed by atoms with Crippen LogP contribution in [0.15, 0.2) is 59.5 Å². The first kappa shape index (κ1) is 23.3. The van der Waals surface area contributed by atoms with Crippen molar-refractivity contribution in [3.8, 4) is 0 Å². The highest BCUT2D eigenvalue weighted by molar-refractivity contribution is 7.90. The molecule has 0 aromatic heterocycles. The van der Waals surface area contributed by atoms with E-state index in [9.17, 15) is 18.0 Å². The Kier molecular flexibility index (Phi) is 8.80. The van der Waals surface area contributed by atoms with Gasteiger partial charge in [-0.05, 0) is 42.7 Å². The summed E-state index contributed by atoms with van der Waals surface area (Å²) in [5.74, 6) is -1.14. The highest BCUT2D eigenvalue weighted by Gasteiger charge is 2.20.